The highest BCUT2D eigenvalue weighted by Gasteiger charge is 2.45. The zero-order valence-corrected chi connectivity index (χ0v) is 17.2. The highest BCUT2D eigenvalue weighted by molar-refractivity contribution is 7.15. The molecule has 0 saturated carbocycles. The molecule has 0 atom stereocenters. The van der Waals surface area contributed by atoms with Gasteiger partial charge in [0.2, 0.25) is 0 Å². The molecule has 0 fully saturated rings. The second kappa shape index (κ2) is 8.67. The van der Waals surface area contributed by atoms with Crippen LogP contribution in [-0.2, 0) is 13.3 Å². The van der Waals surface area contributed by atoms with Gasteiger partial charge < -0.3 is 13.3 Å². The predicted molar refractivity (Wildman–Crippen MR) is 116 cm³/mol. The van der Waals surface area contributed by atoms with E-state index in [0.717, 1.165) is 0 Å². The fourth-order valence-corrected chi connectivity index (χ4v) is 6.61. The molecule has 0 aliphatic rings. The van der Waals surface area contributed by atoms with Crippen molar-refractivity contribution in [3.05, 3.63) is 91.0 Å². The fourth-order valence-electron chi connectivity index (χ4n) is 4.15. The predicted octanol–water partition coefficient (Wildman–Crippen LogP) is 2.57. The van der Waals surface area contributed by atoms with Crippen molar-refractivity contribution in [2.75, 3.05) is 21.3 Å². The average Bonchev–Trinajstić information content (AvgIpc) is 2.77. The Morgan fingerprint density at radius 1 is 0.556 bits per heavy atom. The van der Waals surface area contributed by atoms with E-state index in [0.29, 0.717) is 5.94 Å². The summed E-state index contributed by atoms with van der Waals surface area (Å²) in [4.78, 5) is 0. The summed E-state index contributed by atoms with van der Waals surface area (Å²) in [6.07, 6.45) is -1.34. The monoisotopic (exact) mass is 377 g/mol. The number of rotatable bonds is 8. The van der Waals surface area contributed by atoms with Crippen LogP contribution in [0.25, 0.3) is 0 Å². The summed E-state index contributed by atoms with van der Waals surface area (Å²) in [5.74, 6) is 0.661. The molecule has 0 saturated heterocycles. The van der Waals surface area contributed by atoms with Crippen molar-refractivity contribution in [3.63, 3.8) is 0 Å². The third-order valence-electron chi connectivity index (χ3n) is 5.60. The maximum Gasteiger partial charge on any atom is 0.464 e. The van der Waals surface area contributed by atoms with Crippen molar-refractivity contribution in [1.82, 2.24) is 0 Å². The first-order chi connectivity index (χ1) is 13.2. The number of benzene rings is 3. The Bertz CT molecular complexity index is 719. The van der Waals surface area contributed by atoms with Crippen molar-refractivity contribution in [2.45, 2.75) is 5.94 Å². The van der Waals surface area contributed by atoms with Crippen LogP contribution in [0.1, 0.15) is 0 Å². The quantitative estimate of drug-likeness (QED) is 0.565. The fraction of sp³-hybridized carbons (Fsp3) is 0.182. The maximum atomic E-state index is 5.87. The van der Waals surface area contributed by atoms with Gasteiger partial charge in [-0.15, -0.1) is 0 Å². The molecule has 140 valence electrons. The molecule has 3 nitrogen and oxygen atoms in total. The van der Waals surface area contributed by atoms with Gasteiger partial charge in [-0.1, -0.05) is 96.9 Å². The van der Waals surface area contributed by atoms with Crippen LogP contribution in [0.3, 0.4) is 0 Å². The van der Waals surface area contributed by atoms with Gasteiger partial charge in [-0.05, 0) is 0 Å². The van der Waals surface area contributed by atoms with Crippen molar-refractivity contribution < 1.29 is 13.3 Å². The normalized spacial score (nSPS) is 12.1. The largest absolute Gasteiger partial charge is 0.464 e. The van der Waals surface area contributed by atoms with Crippen LogP contribution in [0.2, 0.25) is 5.94 Å². The molecule has 3 aromatic carbocycles. The van der Waals surface area contributed by atoms with Gasteiger partial charge in [0.1, 0.15) is 0 Å². The Morgan fingerprint density at radius 2 is 0.852 bits per heavy atom. The lowest BCUT2D eigenvalue weighted by Crippen LogP contribution is -2.71. The van der Waals surface area contributed by atoms with E-state index in [1.807, 2.05) is 18.2 Å². The summed E-state index contributed by atoms with van der Waals surface area (Å²) in [6, 6.07) is 31.9. The SMILES string of the molecule is CO[Si](C[B-](c1ccccc1)(c1ccccc1)c1ccccc1)(OC)OC. The maximum absolute atomic E-state index is 5.87. The molecule has 0 aliphatic heterocycles. The summed E-state index contributed by atoms with van der Waals surface area (Å²) < 4.78 is 17.6. The van der Waals surface area contributed by atoms with E-state index in [9.17, 15) is 0 Å². The molecule has 0 radical (unpaired) electrons. The Hall–Kier alpha value is -2.18. The molecule has 0 aliphatic carbocycles. The summed E-state index contributed by atoms with van der Waals surface area (Å²) in [5.41, 5.74) is 3.74. The third kappa shape index (κ3) is 3.77. The van der Waals surface area contributed by atoms with Crippen LogP contribution in [0.4, 0.5) is 0 Å². The van der Waals surface area contributed by atoms with Gasteiger partial charge in [0.15, 0.2) is 0 Å². The van der Waals surface area contributed by atoms with E-state index in [4.69, 9.17) is 13.3 Å². The van der Waals surface area contributed by atoms with Crippen molar-refractivity contribution in [1.29, 1.82) is 0 Å². The lowest BCUT2D eigenvalue weighted by molar-refractivity contribution is 0.129. The molecular weight excluding hydrogens is 351 g/mol. The lowest BCUT2D eigenvalue weighted by atomic mass is 9.17. The molecule has 0 bridgehead atoms. The highest BCUT2D eigenvalue weighted by Crippen LogP contribution is 2.23. The molecule has 27 heavy (non-hydrogen) atoms. The molecule has 0 aromatic heterocycles. The summed E-state index contributed by atoms with van der Waals surface area (Å²) in [5, 5.41) is 0. The van der Waals surface area contributed by atoms with E-state index in [-0.39, 0.29) is 0 Å². The number of hydrogen-bond donors (Lipinski definition) is 0. The van der Waals surface area contributed by atoms with Gasteiger partial charge in [0.05, 0.1) is 6.15 Å². The van der Waals surface area contributed by atoms with Gasteiger partial charge >= 0.3 is 8.80 Å². The van der Waals surface area contributed by atoms with Gasteiger partial charge in [0.25, 0.3) is 0 Å². The highest BCUT2D eigenvalue weighted by atomic mass is 28.4. The Balaban J connectivity index is 2.32. The Morgan fingerprint density at radius 3 is 1.11 bits per heavy atom. The minimum absolute atomic E-state index is 0.661. The Kier molecular flexibility index (Phi) is 6.29. The third-order valence-corrected chi connectivity index (χ3v) is 8.57. The minimum atomic E-state index is -2.87. The van der Waals surface area contributed by atoms with Crippen molar-refractivity contribution >= 4 is 31.3 Å². The molecule has 3 rings (SSSR count). The van der Waals surface area contributed by atoms with Crippen LogP contribution in [-0.4, -0.2) is 36.3 Å². The van der Waals surface area contributed by atoms with E-state index < -0.39 is 15.0 Å². The summed E-state index contributed by atoms with van der Waals surface area (Å²) >= 11 is 0. The van der Waals surface area contributed by atoms with Crippen LogP contribution in [0.15, 0.2) is 91.0 Å². The van der Waals surface area contributed by atoms with Crippen LogP contribution >= 0.6 is 0 Å². The molecule has 5 heteroatoms. The van der Waals surface area contributed by atoms with Crippen LogP contribution in [0.5, 0.6) is 0 Å². The van der Waals surface area contributed by atoms with Crippen LogP contribution < -0.4 is 16.4 Å². The molecule has 0 N–H and O–H groups in total. The average molecular weight is 377 g/mol. The topological polar surface area (TPSA) is 27.7 Å². The first kappa shape index (κ1) is 19.6. The van der Waals surface area contributed by atoms with Crippen LogP contribution in [0, 0.1) is 0 Å². The van der Waals surface area contributed by atoms with E-state index in [2.05, 4.69) is 72.8 Å². The van der Waals surface area contributed by atoms with E-state index >= 15 is 0 Å². The second-order valence-electron chi connectivity index (χ2n) is 6.78. The van der Waals surface area contributed by atoms with Gasteiger partial charge in [-0.3, -0.25) is 0 Å². The molecular formula is C22H26BO3Si-. The lowest BCUT2D eigenvalue weighted by Gasteiger charge is -2.46. The van der Waals surface area contributed by atoms with E-state index in [1.165, 1.54) is 16.4 Å². The number of hydrogen-bond acceptors (Lipinski definition) is 3. The molecule has 0 unspecified atom stereocenters. The smallest absolute Gasteiger partial charge is 0.379 e. The first-order valence-electron chi connectivity index (χ1n) is 9.20. The second-order valence-corrected chi connectivity index (χ2v) is 9.78. The zero-order chi connectivity index (χ0) is 19.2. The van der Waals surface area contributed by atoms with Crippen molar-refractivity contribution in [3.8, 4) is 0 Å². The first-order valence-corrected chi connectivity index (χ1v) is 11.1. The zero-order valence-electron chi connectivity index (χ0n) is 16.2. The molecule has 3 aromatic rings. The van der Waals surface area contributed by atoms with E-state index in [1.54, 1.807) is 21.3 Å². The Labute approximate surface area is 163 Å². The summed E-state index contributed by atoms with van der Waals surface area (Å²) in [6.45, 7) is 0. The molecule has 0 heterocycles. The van der Waals surface area contributed by atoms with Gasteiger partial charge in [0, 0.05) is 21.3 Å². The van der Waals surface area contributed by atoms with Crippen molar-refractivity contribution in [2.24, 2.45) is 0 Å². The van der Waals surface area contributed by atoms with Gasteiger partial charge in [-0.25, -0.2) is 0 Å². The summed E-state index contributed by atoms with van der Waals surface area (Å²) in [7, 11) is 2.17. The minimum Gasteiger partial charge on any atom is -0.379 e. The molecule has 0 spiro atoms. The van der Waals surface area contributed by atoms with Gasteiger partial charge in [-0.2, -0.15) is 16.4 Å². The molecule has 0 amide bonds. The standard InChI is InChI=1S/C22H26BO3Si/c1-24-27(25-2,26-3)19-23(20-13-7-4-8-14-20,21-15-9-5-10-16-21)22-17-11-6-12-18-22/h4-18H,19H2,1-3H3/q-1.